The standard InChI is InChI=1S/C17H21FN4O/c1-2-3-4-10-19-17-20-11-9-15(22-17)16(23)21-12-13-5-7-14(18)8-6-13/h5-9,11H,2-4,10,12H2,1H3,(H,21,23)(H,19,20,22). The van der Waals surface area contributed by atoms with Crippen LogP contribution in [0.1, 0.15) is 42.2 Å². The number of hydrogen-bond donors (Lipinski definition) is 2. The number of nitrogens with one attached hydrogen (secondary N) is 2. The molecule has 1 aromatic carbocycles. The minimum absolute atomic E-state index is 0.284. The third-order valence-corrected chi connectivity index (χ3v) is 3.32. The predicted molar refractivity (Wildman–Crippen MR) is 87.6 cm³/mol. The zero-order valence-electron chi connectivity index (χ0n) is 13.2. The molecule has 23 heavy (non-hydrogen) atoms. The second-order valence-electron chi connectivity index (χ2n) is 5.21. The van der Waals surface area contributed by atoms with Crippen LogP contribution in [-0.4, -0.2) is 22.4 Å². The van der Waals surface area contributed by atoms with Gasteiger partial charge in [0.05, 0.1) is 0 Å². The van der Waals surface area contributed by atoms with E-state index in [9.17, 15) is 9.18 Å². The van der Waals surface area contributed by atoms with E-state index in [1.807, 2.05) is 0 Å². The molecule has 0 aliphatic carbocycles. The maximum absolute atomic E-state index is 12.8. The quantitative estimate of drug-likeness (QED) is 0.734. The van der Waals surface area contributed by atoms with E-state index in [-0.39, 0.29) is 11.7 Å². The van der Waals surface area contributed by atoms with Crippen molar-refractivity contribution in [2.24, 2.45) is 0 Å². The smallest absolute Gasteiger partial charge is 0.270 e. The maximum Gasteiger partial charge on any atom is 0.270 e. The molecule has 0 saturated heterocycles. The first kappa shape index (κ1) is 16.9. The fraction of sp³-hybridized carbons (Fsp3) is 0.353. The summed E-state index contributed by atoms with van der Waals surface area (Å²) in [6.07, 6.45) is 4.89. The van der Waals surface area contributed by atoms with Gasteiger partial charge in [-0.05, 0) is 30.2 Å². The van der Waals surface area contributed by atoms with Crippen LogP contribution < -0.4 is 10.6 Å². The lowest BCUT2D eigenvalue weighted by atomic mass is 10.2. The molecule has 0 aliphatic rings. The highest BCUT2D eigenvalue weighted by Gasteiger charge is 2.08. The maximum atomic E-state index is 12.8. The molecule has 0 fully saturated rings. The Hall–Kier alpha value is -2.50. The van der Waals surface area contributed by atoms with Crippen molar-refractivity contribution in [2.75, 3.05) is 11.9 Å². The molecule has 0 unspecified atom stereocenters. The Bertz CT molecular complexity index is 631. The first-order valence-electron chi connectivity index (χ1n) is 7.78. The number of nitrogens with zero attached hydrogens (tertiary/aromatic N) is 2. The van der Waals surface area contributed by atoms with E-state index in [0.29, 0.717) is 18.2 Å². The number of anilines is 1. The van der Waals surface area contributed by atoms with Crippen LogP contribution in [0, 0.1) is 5.82 Å². The Morgan fingerprint density at radius 2 is 1.96 bits per heavy atom. The number of benzene rings is 1. The van der Waals surface area contributed by atoms with E-state index >= 15 is 0 Å². The lowest BCUT2D eigenvalue weighted by Crippen LogP contribution is -2.24. The van der Waals surface area contributed by atoms with Crippen LogP contribution in [0.2, 0.25) is 0 Å². The molecule has 5 nitrogen and oxygen atoms in total. The van der Waals surface area contributed by atoms with Gasteiger partial charge in [0.15, 0.2) is 0 Å². The topological polar surface area (TPSA) is 66.9 Å². The zero-order chi connectivity index (χ0) is 16.5. The number of unbranched alkanes of at least 4 members (excludes halogenated alkanes) is 2. The number of aromatic nitrogens is 2. The van der Waals surface area contributed by atoms with E-state index in [4.69, 9.17) is 0 Å². The van der Waals surface area contributed by atoms with Crippen LogP contribution in [0.25, 0.3) is 0 Å². The molecule has 2 aromatic rings. The van der Waals surface area contributed by atoms with Crippen LogP contribution in [0.3, 0.4) is 0 Å². The van der Waals surface area contributed by atoms with Gasteiger partial charge in [0, 0.05) is 19.3 Å². The minimum atomic E-state index is -0.297. The summed E-state index contributed by atoms with van der Waals surface area (Å²) in [5.41, 5.74) is 1.13. The zero-order valence-corrected chi connectivity index (χ0v) is 13.2. The Morgan fingerprint density at radius 1 is 1.17 bits per heavy atom. The molecule has 0 spiro atoms. The van der Waals surface area contributed by atoms with Gasteiger partial charge in [0.1, 0.15) is 11.5 Å². The second-order valence-corrected chi connectivity index (χ2v) is 5.21. The molecule has 122 valence electrons. The number of hydrogen-bond acceptors (Lipinski definition) is 4. The van der Waals surface area contributed by atoms with Crippen molar-refractivity contribution in [3.63, 3.8) is 0 Å². The largest absolute Gasteiger partial charge is 0.354 e. The lowest BCUT2D eigenvalue weighted by Gasteiger charge is -2.07. The van der Waals surface area contributed by atoms with Gasteiger partial charge >= 0.3 is 0 Å². The monoisotopic (exact) mass is 316 g/mol. The van der Waals surface area contributed by atoms with E-state index in [1.165, 1.54) is 12.1 Å². The molecular weight excluding hydrogens is 295 g/mol. The molecule has 2 N–H and O–H groups in total. The van der Waals surface area contributed by atoms with Crippen molar-refractivity contribution in [3.05, 3.63) is 53.6 Å². The van der Waals surface area contributed by atoms with E-state index in [2.05, 4.69) is 27.5 Å². The third-order valence-electron chi connectivity index (χ3n) is 3.32. The fourth-order valence-electron chi connectivity index (χ4n) is 2.02. The van der Waals surface area contributed by atoms with Gasteiger partial charge in [0.25, 0.3) is 5.91 Å². The summed E-state index contributed by atoms with van der Waals surface area (Å²) in [4.78, 5) is 20.4. The van der Waals surface area contributed by atoms with Gasteiger partial charge in [-0.1, -0.05) is 31.9 Å². The highest BCUT2D eigenvalue weighted by molar-refractivity contribution is 5.92. The molecular formula is C17H21FN4O. The predicted octanol–water partition coefficient (Wildman–Crippen LogP) is 3.15. The average molecular weight is 316 g/mol. The summed E-state index contributed by atoms with van der Waals surface area (Å²) < 4.78 is 12.8. The third kappa shape index (κ3) is 5.65. The fourth-order valence-corrected chi connectivity index (χ4v) is 2.02. The van der Waals surface area contributed by atoms with Crippen LogP contribution in [0.5, 0.6) is 0 Å². The van der Waals surface area contributed by atoms with Crippen LogP contribution in [0.15, 0.2) is 36.5 Å². The van der Waals surface area contributed by atoms with Gasteiger partial charge in [-0.15, -0.1) is 0 Å². The van der Waals surface area contributed by atoms with Crippen molar-refractivity contribution in [1.82, 2.24) is 15.3 Å². The van der Waals surface area contributed by atoms with E-state index in [1.54, 1.807) is 24.4 Å². The van der Waals surface area contributed by atoms with E-state index < -0.39 is 0 Å². The molecule has 2 rings (SSSR count). The SMILES string of the molecule is CCCCCNc1nccc(C(=O)NCc2ccc(F)cc2)n1. The summed E-state index contributed by atoms with van der Waals surface area (Å²) in [5.74, 6) is -0.126. The molecule has 1 amide bonds. The summed E-state index contributed by atoms with van der Waals surface area (Å²) in [6.45, 7) is 3.25. The van der Waals surface area contributed by atoms with Crippen LogP contribution >= 0.6 is 0 Å². The molecule has 0 atom stereocenters. The van der Waals surface area contributed by atoms with Crippen LogP contribution in [0.4, 0.5) is 10.3 Å². The number of rotatable bonds is 8. The molecule has 0 aliphatic heterocycles. The Kier molecular flexibility index (Phi) is 6.47. The van der Waals surface area contributed by atoms with Gasteiger partial charge in [-0.3, -0.25) is 4.79 Å². The van der Waals surface area contributed by atoms with Gasteiger partial charge in [0.2, 0.25) is 5.95 Å². The number of carbonyl (C=O) groups excluding carboxylic acids is 1. The Morgan fingerprint density at radius 3 is 2.70 bits per heavy atom. The molecule has 0 saturated carbocycles. The highest BCUT2D eigenvalue weighted by atomic mass is 19.1. The Balaban J connectivity index is 1.87. The summed E-state index contributed by atoms with van der Waals surface area (Å²) in [5, 5.41) is 5.87. The minimum Gasteiger partial charge on any atom is -0.354 e. The molecule has 1 aromatic heterocycles. The van der Waals surface area contributed by atoms with Crippen molar-refractivity contribution < 1.29 is 9.18 Å². The summed E-state index contributed by atoms with van der Waals surface area (Å²) in [7, 11) is 0. The van der Waals surface area contributed by atoms with Crippen LogP contribution in [-0.2, 0) is 6.54 Å². The lowest BCUT2D eigenvalue weighted by molar-refractivity contribution is 0.0946. The van der Waals surface area contributed by atoms with E-state index in [0.717, 1.165) is 31.4 Å². The molecule has 0 bridgehead atoms. The Labute approximate surface area is 135 Å². The highest BCUT2D eigenvalue weighted by Crippen LogP contribution is 2.05. The number of carbonyl (C=O) groups is 1. The van der Waals surface area contributed by atoms with Gasteiger partial charge in [-0.2, -0.15) is 0 Å². The van der Waals surface area contributed by atoms with Crippen molar-refractivity contribution in [2.45, 2.75) is 32.7 Å². The first-order valence-corrected chi connectivity index (χ1v) is 7.78. The van der Waals surface area contributed by atoms with Crippen molar-refractivity contribution in [3.8, 4) is 0 Å². The summed E-state index contributed by atoms with van der Waals surface area (Å²) >= 11 is 0. The first-order chi connectivity index (χ1) is 11.2. The molecule has 0 radical (unpaired) electrons. The summed E-state index contributed by atoms with van der Waals surface area (Å²) in [6, 6.07) is 7.57. The molecule has 1 heterocycles. The number of halogens is 1. The number of amides is 1. The van der Waals surface area contributed by atoms with Gasteiger partial charge in [-0.25, -0.2) is 14.4 Å². The van der Waals surface area contributed by atoms with Crippen molar-refractivity contribution >= 4 is 11.9 Å². The average Bonchev–Trinajstić information content (AvgIpc) is 2.58. The van der Waals surface area contributed by atoms with Gasteiger partial charge < -0.3 is 10.6 Å². The molecule has 6 heteroatoms. The normalized spacial score (nSPS) is 10.3. The van der Waals surface area contributed by atoms with Crippen molar-refractivity contribution in [1.29, 1.82) is 0 Å². The second kappa shape index (κ2) is 8.82.